The van der Waals surface area contributed by atoms with Crippen LogP contribution in [0.2, 0.25) is 0 Å². The van der Waals surface area contributed by atoms with Crippen molar-refractivity contribution < 1.29 is 22.4 Å². The van der Waals surface area contributed by atoms with Crippen LogP contribution in [0.3, 0.4) is 0 Å². The molecule has 23 heavy (non-hydrogen) atoms. The van der Waals surface area contributed by atoms with E-state index >= 15 is 0 Å². The Morgan fingerprint density at radius 2 is 1.74 bits per heavy atom. The molecule has 1 radical (unpaired) electrons. The van der Waals surface area contributed by atoms with Gasteiger partial charge in [0, 0.05) is 40.9 Å². The first-order chi connectivity index (χ1) is 10.5. The molecular formula is C21H25AgN. The number of hydrogen-bond acceptors (Lipinski definition) is 1. The predicted octanol–water partition coefficient (Wildman–Crippen LogP) is 4.87. The molecule has 0 amide bonds. The Morgan fingerprint density at radius 3 is 2.48 bits per heavy atom. The molecule has 0 bridgehead atoms. The van der Waals surface area contributed by atoms with E-state index in [0.717, 1.165) is 13.1 Å². The van der Waals surface area contributed by atoms with Gasteiger partial charge in [-0.3, -0.25) is 4.90 Å². The predicted molar refractivity (Wildman–Crippen MR) is 96.7 cm³/mol. The molecule has 1 nitrogen and oxygen atoms in total. The minimum atomic E-state index is 0. The molecule has 2 aromatic carbocycles. The molecule has 2 heteroatoms. The van der Waals surface area contributed by atoms with Crippen molar-refractivity contribution in [2.24, 2.45) is 5.41 Å². The zero-order valence-corrected chi connectivity index (χ0v) is 15.8. The van der Waals surface area contributed by atoms with Crippen LogP contribution in [0.4, 0.5) is 0 Å². The molecule has 0 aliphatic carbocycles. The van der Waals surface area contributed by atoms with Crippen LogP contribution in [0, 0.1) is 17.3 Å². The average Bonchev–Trinajstić information content (AvgIpc) is 2.46. The Bertz CT molecular complexity index is 708. The molecule has 0 aliphatic heterocycles. The number of fused-ring (bicyclic) bond motifs is 1. The number of benzene rings is 2. The third-order valence-corrected chi connectivity index (χ3v) is 3.39. The van der Waals surface area contributed by atoms with Crippen molar-refractivity contribution in [1.82, 2.24) is 4.90 Å². The Hall–Kier alpha value is -1.30. The minimum Gasteiger partial charge on any atom is -0.298 e. The van der Waals surface area contributed by atoms with Crippen LogP contribution in [0.5, 0.6) is 0 Å². The van der Waals surface area contributed by atoms with Gasteiger partial charge in [0.15, 0.2) is 0 Å². The summed E-state index contributed by atoms with van der Waals surface area (Å²) in [5.74, 6) is 6.33. The SMILES string of the molecule is CN(C/C=C/C#CC(C)(C)C)Cc1cccc2ccccc12.[Ag]. The van der Waals surface area contributed by atoms with Crippen LogP contribution in [-0.4, -0.2) is 18.5 Å². The molecule has 0 saturated carbocycles. The van der Waals surface area contributed by atoms with Gasteiger partial charge >= 0.3 is 0 Å². The fourth-order valence-electron chi connectivity index (χ4n) is 2.34. The van der Waals surface area contributed by atoms with Gasteiger partial charge in [0.25, 0.3) is 0 Å². The maximum atomic E-state index is 3.21. The topological polar surface area (TPSA) is 3.24 Å². The van der Waals surface area contributed by atoms with Gasteiger partial charge in [0.1, 0.15) is 0 Å². The maximum Gasteiger partial charge on any atom is 0.0240 e. The van der Waals surface area contributed by atoms with Gasteiger partial charge in [-0.15, -0.1) is 0 Å². The minimum absolute atomic E-state index is 0. The third-order valence-electron chi connectivity index (χ3n) is 3.39. The summed E-state index contributed by atoms with van der Waals surface area (Å²) in [5.41, 5.74) is 1.44. The summed E-state index contributed by atoms with van der Waals surface area (Å²) in [5, 5.41) is 2.65. The number of likely N-dealkylation sites (N-methyl/N-ethyl adjacent to an activating group) is 1. The normalized spacial score (nSPS) is 11.3. The number of hydrogen-bond donors (Lipinski definition) is 0. The summed E-state index contributed by atoms with van der Waals surface area (Å²) in [4.78, 5) is 2.30. The molecule has 2 rings (SSSR count). The molecule has 0 fully saturated rings. The van der Waals surface area contributed by atoms with Gasteiger partial charge in [-0.05, 0) is 50.2 Å². The number of nitrogens with zero attached hydrogens (tertiary/aromatic N) is 1. The number of rotatable bonds is 4. The van der Waals surface area contributed by atoms with E-state index in [0.29, 0.717) is 0 Å². The fourth-order valence-corrected chi connectivity index (χ4v) is 2.34. The van der Waals surface area contributed by atoms with Crippen LogP contribution in [0.25, 0.3) is 10.8 Å². The monoisotopic (exact) mass is 398 g/mol. The first kappa shape index (κ1) is 19.7. The standard InChI is InChI=1S/C21H25N.Ag/c1-21(2,3)15-8-5-9-16-22(4)17-19-13-10-12-18-11-6-7-14-20(18)19;/h5-7,9-14H,16-17H2,1-4H3;/b9-5+;. The van der Waals surface area contributed by atoms with E-state index in [4.69, 9.17) is 0 Å². The summed E-state index contributed by atoms with van der Waals surface area (Å²) in [7, 11) is 2.14. The summed E-state index contributed by atoms with van der Waals surface area (Å²) in [6.45, 7) is 8.22. The van der Waals surface area contributed by atoms with E-state index < -0.39 is 0 Å². The van der Waals surface area contributed by atoms with Gasteiger partial charge < -0.3 is 0 Å². The molecule has 0 saturated heterocycles. The summed E-state index contributed by atoms with van der Waals surface area (Å²) in [6.07, 6.45) is 4.09. The summed E-state index contributed by atoms with van der Waals surface area (Å²) in [6, 6.07) is 15.1. The summed E-state index contributed by atoms with van der Waals surface area (Å²) >= 11 is 0. The van der Waals surface area contributed by atoms with Gasteiger partial charge in [-0.25, -0.2) is 0 Å². The average molecular weight is 399 g/mol. The first-order valence-corrected chi connectivity index (χ1v) is 7.78. The second-order valence-electron chi connectivity index (χ2n) is 6.76. The molecule has 0 aromatic heterocycles. The van der Waals surface area contributed by atoms with Crippen LogP contribution in [-0.2, 0) is 28.9 Å². The van der Waals surface area contributed by atoms with Crippen molar-refractivity contribution in [3.8, 4) is 11.8 Å². The molecule has 125 valence electrons. The molecule has 2 aromatic rings. The Labute approximate surface area is 156 Å². The van der Waals surface area contributed by atoms with E-state index in [-0.39, 0.29) is 27.8 Å². The summed E-state index contributed by atoms with van der Waals surface area (Å²) < 4.78 is 0. The van der Waals surface area contributed by atoms with Gasteiger partial charge in [-0.2, -0.15) is 0 Å². The maximum absolute atomic E-state index is 3.21. The van der Waals surface area contributed by atoms with E-state index in [1.54, 1.807) is 0 Å². The van der Waals surface area contributed by atoms with Crippen LogP contribution in [0.1, 0.15) is 26.3 Å². The molecule has 0 aliphatic rings. The molecular weight excluding hydrogens is 374 g/mol. The first-order valence-electron chi connectivity index (χ1n) is 7.78. The van der Waals surface area contributed by atoms with Gasteiger partial charge in [0.2, 0.25) is 0 Å². The zero-order chi connectivity index (χ0) is 16.0. The third kappa shape index (κ3) is 6.77. The van der Waals surface area contributed by atoms with Crippen molar-refractivity contribution in [3.63, 3.8) is 0 Å². The molecule has 0 spiro atoms. The Kier molecular flexibility index (Phi) is 7.82. The van der Waals surface area contributed by atoms with Crippen LogP contribution in [0.15, 0.2) is 54.6 Å². The van der Waals surface area contributed by atoms with Gasteiger partial charge in [0.05, 0.1) is 0 Å². The second-order valence-corrected chi connectivity index (χ2v) is 6.76. The fraction of sp³-hybridized carbons (Fsp3) is 0.333. The van der Waals surface area contributed by atoms with E-state index in [1.165, 1.54) is 16.3 Å². The van der Waals surface area contributed by atoms with Crippen LogP contribution < -0.4 is 0 Å². The number of allylic oxidation sites excluding steroid dienone is 1. The van der Waals surface area contributed by atoms with Crippen molar-refractivity contribution in [2.45, 2.75) is 27.3 Å². The van der Waals surface area contributed by atoms with E-state index in [2.05, 4.69) is 93.1 Å². The van der Waals surface area contributed by atoms with Crippen molar-refractivity contribution in [3.05, 3.63) is 60.2 Å². The van der Waals surface area contributed by atoms with Crippen molar-refractivity contribution in [1.29, 1.82) is 0 Å². The molecule has 0 atom stereocenters. The van der Waals surface area contributed by atoms with Crippen LogP contribution >= 0.6 is 0 Å². The zero-order valence-electron chi connectivity index (χ0n) is 14.4. The van der Waals surface area contributed by atoms with Crippen molar-refractivity contribution >= 4 is 10.8 Å². The quantitative estimate of drug-likeness (QED) is 0.524. The van der Waals surface area contributed by atoms with Crippen molar-refractivity contribution in [2.75, 3.05) is 13.6 Å². The Balaban J connectivity index is 0.00000264. The largest absolute Gasteiger partial charge is 0.298 e. The second kappa shape index (κ2) is 9.11. The molecule has 0 heterocycles. The van der Waals surface area contributed by atoms with E-state index in [9.17, 15) is 0 Å². The molecule has 0 N–H and O–H groups in total. The molecule has 0 unspecified atom stereocenters. The smallest absolute Gasteiger partial charge is 0.0240 e. The van der Waals surface area contributed by atoms with Gasteiger partial charge in [-0.1, -0.05) is 60.4 Å². The van der Waals surface area contributed by atoms with E-state index in [1.807, 2.05) is 6.08 Å². The Morgan fingerprint density at radius 1 is 1.04 bits per heavy atom.